The fraction of sp³-hybridized carbons (Fsp3) is 0.250. The lowest BCUT2D eigenvalue weighted by molar-refractivity contribution is -0.181. The molecule has 0 N–H and O–H groups in total. The van der Waals surface area contributed by atoms with Gasteiger partial charge in [-0.25, -0.2) is 0 Å². The molecule has 0 aliphatic heterocycles. The summed E-state index contributed by atoms with van der Waals surface area (Å²) >= 11 is 3.33. The molecule has 0 fully saturated rings. The normalized spacial score (nSPS) is 17.9. The molecular formula is C12H11BrO3. The molecule has 3 nitrogen and oxygen atoms in total. The van der Waals surface area contributed by atoms with Crippen LogP contribution in [0.2, 0.25) is 0 Å². The standard InChI is InChI=1S/C12H11BrO3/c1-15-12(16-2)9-6-4-3-5-8(9)10(14)7-11(12)13/h3-7H,1-2H3. The second kappa shape index (κ2) is 4.13. The van der Waals surface area contributed by atoms with Gasteiger partial charge < -0.3 is 9.47 Å². The van der Waals surface area contributed by atoms with Gasteiger partial charge in [0.15, 0.2) is 5.78 Å². The molecule has 0 saturated heterocycles. The summed E-state index contributed by atoms with van der Waals surface area (Å²) in [5, 5.41) is 0. The summed E-state index contributed by atoms with van der Waals surface area (Å²) in [6.07, 6.45) is 1.48. The number of methoxy groups -OCH3 is 2. The van der Waals surface area contributed by atoms with Crippen LogP contribution in [0.15, 0.2) is 34.8 Å². The lowest BCUT2D eigenvalue weighted by atomic mass is 9.91. The molecule has 0 atom stereocenters. The van der Waals surface area contributed by atoms with Crippen molar-refractivity contribution in [1.29, 1.82) is 0 Å². The van der Waals surface area contributed by atoms with Crippen molar-refractivity contribution in [2.24, 2.45) is 0 Å². The number of carbonyl (C=O) groups is 1. The minimum atomic E-state index is -1.01. The maximum Gasteiger partial charge on any atom is 0.229 e. The van der Waals surface area contributed by atoms with Crippen molar-refractivity contribution >= 4 is 21.7 Å². The highest BCUT2D eigenvalue weighted by Crippen LogP contribution is 2.42. The largest absolute Gasteiger partial charge is 0.345 e. The predicted octanol–water partition coefficient (Wildman–Crippen LogP) is 2.61. The summed E-state index contributed by atoms with van der Waals surface area (Å²) in [6, 6.07) is 7.26. The molecule has 0 saturated carbocycles. The van der Waals surface area contributed by atoms with Crippen LogP contribution in [0.1, 0.15) is 15.9 Å². The van der Waals surface area contributed by atoms with E-state index in [1.54, 1.807) is 20.3 Å². The summed E-state index contributed by atoms with van der Waals surface area (Å²) < 4.78 is 11.4. The van der Waals surface area contributed by atoms with Gasteiger partial charge >= 0.3 is 0 Å². The maximum atomic E-state index is 11.8. The zero-order chi connectivity index (χ0) is 11.8. The van der Waals surface area contributed by atoms with E-state index in [9.17, 15) is 4.79 Å². The number of halogens is 1. The number of rotatable bonds is 2. The average Bonchev–Trinajstić information content (AvgIpc) is 2.31. The molecule has 16 heavy (non-hydrogen) atoms. The first-order chi connectivity index (χ1) is 7.65. The van der Waals surface area contributed by atoms with E-state index in [-0.39, 0.29) is 5.78 Å². The van der Waals surface area contributed by atoms with Crippen LogP contribution >= 0.6 is 15.9 Å². The molecule has 84 valence electrons. The SMILES string of the molecule is COC1(OC)C(Br)=CC(=O)c2ccccc21. The second-order valence-electron chi connectivity index (χ2n) is 3.43. The fourth-order valence-corrected chi connectivity index (χ4v) is 2.64. The molecule has 0 bridgehead atoms. The Bertz CT molecular complexity index is 461. The number of hydrogen-bond donors (Lipinski definition) is 0. The van der Waals surface area contributed by atoms with Gasteiger partial charge in [-0.1, -0.05) is 24.3 Å². The van der Waals surface area contributed by atoms with E-state index in [0.29, 0.717) is 10.0 Å². The highest BCUT2D eigenvalue weighted by Gasteiger charge is 2.41. The summed E-state index contributed by atoms with van der Waals surface area (Å²) in [7, 11) is 3.09. The van der Waals surface area contributed by atoms with Gasteiger partial charge in [-0.15, -0.1) is 0 Å². The van der Waals surface area contributed by atoms with Crippen LogP contribution in [0.4, 0.5) is 0 Å². The van der Waals surface area contributed by atoms with Gasteiger partial charge in [-0.2, -0.15) is 0 Å². The van der Waals surface area contributed by atoms with Crippen molar-refractivity contribution in [2.45, 2.75) is 5.79 Å². The number of ether oxygens (including phenoxy) is 2. The molecule has 1 aliphatic carbocycles. The number of ketones is 1. The van der Waals surface area contributed by atoms with Crippen LogP contribution in [0.25, 0.3) is 0 Å². The molecule has 1 aliphatic rings. The van der Waals surface area contributed by atoms with E-state index < -0.39 is 5.79 Å². The van der Waals surface area contributed by atoms with Gasteiger partial charge in [-0.3, -0.25) is 4.79 Å². The Morgan fingerprint density at radius 1 is 1.19 bits per heavy atom. The monoisotopic (exact) mass is 282 g/mol. The molecular weight excluding hydrogens is 272 g/mol. The lowest BCUT2D eigenvalue weighted by Gasteiger charge is -2.34. The zero-order valence-corrected chi connectivity index (χ0v) is 10.6. The number of fused-ring (bicyclic) bond motifs is 1. The second-order valence-corrected chi connectivity index (χ2v) is 4.28. The van der Waals surface area contributed by atoms with Crippen molar-refractivity contribution in [2.75, 3.05) is 14.2 Å². The molecule has 0 heterocycles. The van der Waals surface area contributed by atoms with E-state index in [1.165, 1.54) is 6.08 Å². The van der Waals surface area contributed by atoms with Crippen molar-refractivity contribution in [1.82, 2.24) is 0 Å². The first-order valence-corrected chi connectivity index (χ1v) is 5.57. The van der Waals surface area contributed by atoms with Crippen molar-refractivity contribution in [3.05, 3.63) is 46.0 Å². The molecule has 4 heteroatoms. The molecule has 0 radical (unpaired) electrons. The van der Waals surface area contributed by atoms with Gasteiger partial charge in [0.2, 0.25) is 5.79 Å². The Hall–Kier alpha value is -0.970. The Labute approximate surface area is 102 Å². The fourth-order valence-electron chi connectivity index (χ4n) is 1.90. The van der Waals surface area contributed by atoms with Gasteiger partial charge in [0.1, 0.15) is 0 Å². The summed E-state index contributed by atoms with van der Waals surface area (Å²) in [5.74, 6) is -1.06. The topological polar surface area (TPSA) is 35.5 Å². The third kappa shape index (κ3) is 1.45. The first-order valence-electron chi connectivity index (χ1n) is 4.77. The molecule has 1 aromatic carbocycles. The summed E-state index contributed by atoms with van der Waals surface area (Å²) in [4.78, 5) is 11.8. The minimum Gasteiger partial charge on any atom is -0.345 e. The highest BCUT2D eigenvalue weighted by atomic mass is 79.9. The number of benzene rings is 1. The molecule has 2 rings (SSSR count). The maximum absolute atomic E-state index is 11.8. The van der Waals surface area contributed by atoms with Crippen LogP contribution in [0.3, 0.4) is 0 Å². The quantitative estimate of drug-likeness (QED) is 0.783. The first kappa shape index (κ1) is 11.5. The zero-order valence-electron chi connectivity index (χ0n) is 8.99. The van der Waals surface area contributed by atoms with Gasteiger partial charge in [0, 0.05) is 31.4 Å². The number of allylic oxidation sites excluding steroid dienone is 1. The van der Waals surface area contributed by atoms with Gasteiger partial charge in [0.25, 0.3) is 0 Å². The Morgan fingerprint density at radius 2 is 1.81 bits per heavy atom. The number of hydrogen-bond acceptors (Lipinski definition) is 3. The Kier molecular flexibility index (Phi) is 2.97. The molecule has 0 unspecified atom stereocenters. The third-order valence-electron chi connectivity index (χ3n) is 2.69. The molecule has 0 aromatic heterocycles. The number of carbonyl (C=O) groups excluding carboxylic acids is 1. The summed E-state index contributed by atoms with van der Waals surface area (Å²) in [6.45, 7) is 0. The molecule has 0 amide bonds. The van der Waals surface area contributed by atoms with Crippen molar-refractivity contribution < 1.29 is 14.3 Å². The smallest absolute Gasteiger partial charge is 0.229 e. The Morgan fingerprint density at radius 3 is 2.44 bits per heavy atom. The van der Waals surface area contributed by atoms with Crippen molar-refractivity contribution in [3.63, 3.8) is 0 Å². The minimum absolute atomic E-state index is 0.0489. The Balaban J connectivity index is 2.71. The van der Waals surface area contributed by atoms with E-state index in [1.807, 2.05) is 18.2 Å². The van der Waals surface area contributed by atoms with Crippen LogP contribution < -0.4 is 0 Å². The van der Waals surface area contributed by atoms with Crippen LogP contribution in [0.5, 0.6) is 0 Å². The van der Waals surface area contributed by atoms with Crippen LogP contribution in [-0.2, 0) is 15.3 Å². The van der Waals surface area contributed by atoms with Crippen molar-refractivity contribution in [3.8, 4) is 0 Å². The third-order valence-corrected chi connectivity index (χ3v) is 3.45. The van der Waals surface area contributed by atoms with E-state index in [4.69, 9.17) is 9.47 Å². The predicted molar refractivity (Wildman–Crippen MR) is 63.5 cm³/mol. The van der Waals surface area contributed by atoms with Crippen LogP contribution in [-0.4, -0.2) is 20.0 Å². The lowest BCUT2D eigenvalue weighted by Crippen LogP contribution is -2.35. The average molecular weight is 283 g/mol. The molecule has 1 aromatic rings. The van der Waals surface area contributed by atoms with Gasteiger partial charge in [-0.05, 0) is 15.9 Å². The van der Waals surface area contributed by atoms with E-state index >= 15 is 0 Å². The van der Waals surface area contributed by atoms with E-state index in [2.05, 4.69) is 15.9 Å². The van der Waals surface area contributed by atoms with Gasteiger partial charge in [0.05, 0.1) is 4.48 Å². The highest BCUT2D eigenvalue weighted by molar-refractivity contribution is 9.11. The summed E-state index contributed by atoms with van der Waals surface area (Å²) in [5.41, 5.74) is 1.33. The molecule has 0 spiro atoms. The van der Waals surface area contributed by atoms with Crippen LogP contribution in [0, 0.1) is 0 Å². The van der Waals surface area contributed by atoms with E-state index in [0.717, 1.165) is 5.56 Å².